The Labute approximate surface area is 376 Å². The van der Waals surface area contributed by atoms with E-state index in [9.17, 15) is 44.2 Å². The number of piperidine rings is 2. The van der Waals surface area contributed by atoms with Gasteiger partial charge in [0, 0.05) is 88.4 Å². The number of hydrogen-bond acceptors (Lipinski definition) is 16. The molecule has 2 saturated carbocycles. The second-order valence-corrected chi connectivity index (χ2v) is 24.7. The molecule has 4 aliphatic heterocycles. The maximum atomic E-state index is 13.0. The Morgan fingerprint density at radius 1 is 0.562 bits per heavy atom. The molecule has 0 bridgehead atoms. The lowest BCUT2D eigenvalue weighted by molar-refractivity contribution is -0.0274. The van der Waals surface area contributed by atoms with E-state index in [1.54, 1.807) is 9.77 Å². The van der Waals surface area contributed by atoms with Crippen LogP contribution in [0.2, 0.25) is 0 Å². The third-order valence-corrected chi connectivity index (χ3v) is 18.8. The topological polar surface area (TPSA) is 264 Å². The second kappa shape index (κ2) is 18.8. The fourth-order valence-corrected chi connectivity index (χ4v) is 15.0. The van der Waals surface area contributed by atoms with E-state index in [1.165, 1.54) is 11.1 Å². The van der Waals surface area contributed by atoms with Gasteiger partial charge >= 0.3 is 20.4 Å². The number of hydrogen-bond donors (Lipinski definition) is 4. The van der Waals surface area contributed by atoms with Crippen molar-refractivity contribution < 1.29 is 42.2 Å². The Morgan fingerprint density at radius 2 is 0.906 bits per heavy atom. The average Bonchev–Trinajstić information content (AvgIpc) is 4.20. The van der Waals surface area contributed by atoms with E-state index in [-0.39, 0.29) is 39.0 Å². The van der Waals surface area contributed by atoms with Gasteiger partial charge in [0.05, 0.1) is 47.6 Å². The Morgan fingerprint density at radius 3 is 1.23 bits per heavy atom. The normalized spacial score (nSPS) is 27.2. The predicted octanol–water partition coefficient (Wildman–Crippen LogP) is 0.334. The van der Waals surface area contributed by atoms with Gasteiger partial charge in [0.1, 0.15) is 0 Å². The van der Waals surface area contributed by atoms with Crippen LogP contribution >= 0.6 is 0 Å². The quantitative estimate of drug-likeness (QED) is 0.123. The summed E-state index contributed by atoms with van der Waals surface area (Å²) in [7, 11) is -18.8. The van der Waals surface area contributed by atoms with Crippen molar-refractivity contribution in [3.05, 3.63) is 71.8 Å². The highest BCUT2D eigenvalue weighted by atomic mass is 32.2. The maximum Gasteiger partial charge on any atom is 0.302 e. The van der Waals surface area contributed by atoms with E-state index >= 15 is 0 Å². The molecule has 0 unspecified atom stereocenters. The van der Waals surface area contributed by atoms with Crippen LogP contribution in [0.25, 0.3) is 0 Å². The zero-order valence-electron chi connectivity index (χ0n) is 35.4. The Hall–Kier alpha value is -3.18. The highest BCUT2D eigenvalue weighted by Crippen LogP contribution is 2.43. The molecule has 24 heteroatoms. The number of nitriles is 2. The lowest BCUT2D eigenvalue weighted by Crippen LogP contribution is -2.73. The van der Waals surface area contributed by atoms with E-state index in [0.717, 1.165) is 47.1 Å². The van der Waals surface area contributed by atoms with Crippen molar-refractivity contribution >= 4 is 40.7 Å². The first-order chi connectivity index (χ1) is 30.4. The molecule has 4 heterocycles. The molecule has 8 rings (SSSR count). The second-order valence-electron chi connectivity index (χ2n) is 18.1. The van der Waals surface area contributed by atoms with Gasteiger partial charge in [-0.25, -0.2) is 0 Å². The summed E-state index contributed by atoms with van der Waals surface area (Å²) < 4.78 is 113. The van der Waals surface area contributed by atoms with Gasteiger partial charge in [-0.15, -0.1) is 0 Å². The first kappa shape index (κ1) is 47.3. The summed E-state index contributed by atoms with van der Waals surface area (Å²) in [6.45, 7) is 2.26. The lowest BCUT2D eigenvalue weighted by Gasteiger charge is -2.55. The molecule has 0 amide bonds. The van der Waals surface area contributed by atoms with E-state index in [1.807, 2.05) is 36.4 Å². The van der Waals surface area contributed by atoms with Crippen LogP contribution in [0.15, 0.2) is 60.7 Å². The molecule has 0 spiro atoms. The van der Waals surface area contributed by atoms with Crippen molar-refractivity contribution in [2.75, 3.05) is 63.9 Å². The first-order valence-electron chi connectivity index (χ1n) is 21.7. The molecule has 4 atom stereocenters. The first-order valence-corrected chi connectivity index (χ1v) is 27.7. The molecular formula is C40H56N10O10S4. The van der Waals surface area contributed by atoms with Gasteiger partial charge in [0.2, 0.25) is 0 Å². The summed E-state index contributed by atoms with van der Waals surface area (Å²) in [5.41, 5.74) is 1.11. The highest BCUT2D eigenvalue weighted by molar-refractivity contribution is 7.92. The minimum atomic E-state index is -4.85. The van der Waals surface area contributed by atoms with E-state index in [4.69, 9.17) is 0 Å². The molecule has 2 aromatic carbocycles. The van der Waals surface area contributed by atoms with Crippen LogP contribution in [0.4, 0.5) is 0 Å². The van der Waals surface area contributed by atoms with Crippen LogP contribution < -0.4 is 20.4 Å². The van der Waals surface area contributed by atoms with Gasteiger partial charge in [-0.1, -0.05) is 70.4 Å². The summed E-state index contributed by atoms with van der Waals surface area (Å²) in [6.07, 6.45) is 5.55. The molecule has 2 aromatic rings. The lowest BCUT2D eigenvalue weighted by atomic mass is 9.84. The Balaban J connectivity index is 0.738. The standard InChI is InChI=1S/C40H56N10O10S4/c41-17-15-39(47-19-11-33(12-20-47)43-37-25-35(37)31-7-3-1-4-8-31)27-49(28-39)63(55,56)45-59-61(51,52)23-24-62(53,54)60-46-64(57,58)50-29-40(30-50,16-18-42)48-21-13-34(14-22-48)44-38-26-36(38)32-9-5-2-6-10-32/h1-10,33-38,43-46H,11-16,19-30H2/t35-,36-,37+,38+/m0/s1. The smallest absolute Gasteiger partial charge is 0.302 e. The van der Waals surface area contributed by atoms with Gasteiger partial charge in [0.25, 0.3) is 20.2 Å². The molecule has 2 aliphatic carbocycles. The third kappa shape index (κ3) is 11.0. The molecule has 20 nitrogen and oxygen atoms in total. The maximum absolute atomic E-state index is 13.0. The Bertz CT molecular complexity index is 2330. The van der Waals surface area contributed by atoms with Crippen molar-refractivity contribution in [3.63, 3.8) is 0 Å². The fourth-order valence-electron chi connectivity index (χ4n) is 9.83. The molecule has 0 aromatic heterocycles. The number of nitrogens with one attached hydrogen (secondary N) is 4. The van der Waals surface area contributed by atoms with Crippen molar-refractivity contribution in [2.24, 2.45) is 0 Å². The van der Waals surface area contributed by atoms with Crippen LogP contribution in [0.1, 0.15) is 74.3 Å². The Kier molecular flexibility index (Phi) is 13.9. The van der Waals surface area contributed by atoms with Crippen LogP contribution in [0.5, 0.6) is 0 Å². The SMILES string of the molecule is N#CCC1(N2CCC(N[C@@H]3C[C@H]3c3ccccc3)CC2)CN(S(=O)(=O)NOS(=O)(=O)CCS(=O)(=O)ONS(=O)(=O)N2CC(CC#N)(N3CCC(N[C@@H]4C[C@H]4c4ccccc4)CC3)C2)C1. The number of nitrogens with zero attached hydrogens (tertiary/aromatic N) is 6. The van der Waals surface area contributed by atoms with Gasteiger partial charge in [-0.3, -0.25) is 9.80 Å². The molecule has 6 aliphatic rings. The predicted molar refractivity (Wildman–Crippen MR) is 234 cm³/mol. The summed E-state index contributed by atoms with van der Waals surface area (Å²) in [6, 6.07) is 26.4. The summed E-state index contributed by atoms with van der Waals surface area (Å²) in [5.74, 6) is -1.57. The molecule has 4 N–H and O–H groups in total. The summed E-state index contributed by atoms with van der Waals surface area (Å²) in [4.78, 5) is 7.31. The van der Waals surface area contributed by atoms with E-state index in [2.05, 4.69) is 65.4 Å². The zero-order valence-corrected chi connectivity index (χ0v) is 38.6. The van der Waals surface area contributed by atoms with E-state index < -0.39 is 63.2 Å². The number of rotatable bonds is 21. The third-order valence-electron chi connectivity index (χ3n) is 13.8. The molecule has 4 saturated heterocycles. The molecular weight excluding hydrogens is 909 g/mol. The van der Waals surface area contributed by atoms with Crippen LogP contribution in [-0.2, 0) is 49.2 Å². The van der Waals surface area contributed by atoms with Gasteiger partial charge in [0.15, 0.2) is 0 Å². The zero-order chi connectivity index (χ0) is 45.4. The summed E-state index contributed by atoms with van der Waals surface area (Å²) in [5, 5.41) is 26.7. The van der Waals surface area contributed by atoms with Crippen molar-refractivity contribution in [2.45, 2.75) is 98.4 Å². The van der Waals surface area contributed by atoms with Crippen LogP contribution in [0, 0.1) is 22.7 Å². The van der Waals surface area contributed by atoms with Crippen molar-refractivity contribution in [1.29, 1.82) is 10.5 Å². The van der Waals surface area contributed by atoms with Crippen molar-refractivity contribution in [3.8, 4) is 12.1 Å². The van der Waals surface area contributed by atoms with Crippen LogP contribution in [-0.4, -0.2) is 151 Å². The fraction of sp³-hybridized carbons (Fsp3) is 0.650. The minimum absolute atomic E-state index is 0.0582. The monoisotopic (exact) mass is 964 g/mol. The van der Waals surface area contributed by atoms with Gasteiger partial charge in [-0.05, 0) is 49.7 Å². The molecule has 0 radical (unpaired) electrons. The number of benzene rings is 2. The van der Waals surface area contributed by atoms with Crippen molar-refractivity contribution in [1.82, 2.24) is 38.8 Å². The van der Waals surface area contributed by atoms with E-state index in [0.29, 0.717) is 62.2 Å². The number of likely N-dealkylation sites (tertiary alicyclic amines) is 2. The van der Waals surface area contributed by atoms with Crippen LogP contribution in [0.3, 0.4) is 0 Å². The minimum Gasteiger partial charge on any atom is -0.311 e. The molecule has 6 fully saturated rings. The van der Waals surface area contributed by atoms with Gasteiger partial charge in [-0.2, -0.15) is 61.4 Å². The highest BCUT2D eigenvalue weighted by Gasteiger charge is 2.54. The molecule has 64 heavy (non-hydrogen) atoms. The summed E-state index contributed by atoms with van der Waals surface area (Å²) >= 11 is 0. The average molecular weight is 965 g/mol. The molecule has 350 valence electrons. The van der Waals surface area contributed by atoms with Gasteiger partial charge < -0.3 is 10.6 Å². The largest absolute Gasteiger partial charge is 0.311 e.